The molecular formula is C22H37N5O. The second-order valence-electron chi connectivity index (χ2n) is 9.35. The van der Waals surface area contributed by atoms with Gasteiger partial charge in [-0.1, -0.05) is 12.1 Å². The Balaban J connectivity index is 1.77. The van der Waals surface area contributed by atoms with Crippen LogP contribution in [0.4, 0.5) is 10.5 Å². The van der Waals surface area contributed by atoms with Gasteiger partial charge in [-0.3, -0.25) is 4.90 Å². The molecule has 6 heteroatoms. The Morgan fingerprint density at radius 3 is 2.50 bits per heavy atom. The van der Waals surface area contributed by atoms with E-state index in [2.05, 4.69) is 57.6 Å². The van der Waals surface area contributed by atoms with Gasteiger partial charge in [0.1, 0.15) is 0 Å². The molecule has 2 aliphatic heterocycles. The van der Waals surface area contributed by atoms with Crippen LogP contribution in [-0.4, -0.2) is 74.7 Å². The largest absolute Gasteiger partial charge is 0.374 e. The first-order valence-electron chi connectivity index (χ1n) is 10.6. The first-order chi connectivity index (χ1) is 13.2. The lowest BCUT2D eigenvalue weighted by atomic mass is 9.95. The van der Waals surface area contributed by atoms with E-state index in [4.69, 9.17) is 0 Å². The monoisotopic (exact) mass is 387 g/mol. The van der Waals surface area contributed by atoms with Crippen molar-refractivity contribution in [3.63, 3.8) is 0 Å². The van der Waals surface area contributed by atoms with Gasteiger partial charge in [-0.2, -0.15) is 0 Å². The number of nitrogens with zero attached hydrogens (tertiary/aromatic N) is 3. The molecule has 3 rings (SSSR count). The van der Waals surface area contributed by atoms with Gasteiger partial charge >= 0.3 is 6.03 Å². The van der Waals surface area contributed by atoms with Crippen molar-refractivity contribution in [2.45, 2.75) is 45.2 Å². The minimum absolute atomic E-state index is 0.0932. The Morgan fingerprint density at radius 2 is 1.82 bits per heavy atom. The van der Waals surface area contributed by atoms with Crippen molar-refractivity contribution >= 4 is 11.7 Å². The number of carbonyl (C=O) groups is 1. The molecule has 1 fully saturated rings. The Bertz CT molecular complexity index is 676. The number of rotatable bonds is 4. The maximum Gasteiger partial charge on any atom is 0.315 e. The molecule has 0 radical (unpaired) electrons. The number of fused-ring (bicyclic) bond motifs is 1. The first-order valence-corrected chi connectivity index (χ1v) is 10.6. The van der Waals surface area contributed by atoms with Gasteiger partial charge in [-0.15, -0.1) is 0 Å². The van der Waals surface area contributed by atoms with E-state index in [1.165, 1.54) is 23.2 Å². The molecule has 6 nitrogen and oxygen atoms in total. The number of amides is 2. The lowest BCUT2D eigenvalue weighted by molar-refractivity contribution is 0.111. The average Bonchev–Trinajstić information content (AvgIpc) is 2.62. The third kappa shape index (κ3) is 5.39. The molecular weight excluding hydrogens is 350 g/mol. The second-order valence-corrected chi connectivity index (χ2v) is 9.35. The predicted molar refractivity (Wildman–Crippen MR) is 116 cm³/mol. The third-order valence-corrected chi connectivity index (χ3v) is 5.76. The normalized spacial score (nSPS) is 19.8. The summed E-state index contributed by atoms with van der Waals surface area (Å²) in [6.45, 7) is 12.0. The van der Waals surface area contributed by atoms with E-state index in [0.29, 0.717) is 6.54 Å². The molecule has 1 atom stereocenters. The molecule has 2 N–H and O–H groups in total. The standard InChI is InChI=1S/C22H37N5O/c1-22(2,3)24-21(28)23-16-20(27-13-11-25(4)12-14-27)18-8-9-19-17(15-18)7-6-10-26(19)5/h8-9,15,20H,6-7,10-14,16H2,1-5H3,(H2,23,24,28)/t20-/m1/s1. The van der Waals surface area contributed by atoms with E-state index in [0.717, 1.165) is 39.1 Å². The smallest absolute Gasteiger partial charge is 0.315 e. The molecule has 0 spiro atoms. The minimum Gasteiger partial charge on any atom is -0.374 e. The van der Waals surface area contributed by atoms with E-state index in [1.807, 2.05) is 20.8 Å². The number of nitrogens with one attached hydrogen (secondary N) is 2. The maximum absolute atomic E-state index is 12.3. The van der Waals surface area contributed by atoms with Crippen LogP contribution in [-0.2, 0) is 6.42 Å². The highest BCUT2D eigenvalue weighted by Crippen LogP contribution is 2.31. The number of urea groups is 1. The summed E-state index contributed by atoms with van der Waals surface area (Å²) in [6.07, 6.45) is 2.35. The SMILES string of the molecule is CN1CCN([C@H](CNC(=O)NC(C)(C)C)c2ccc3c(c2)CCCN3C)CC1. The number of piperazine rings is 1. The van der Waals surface area contributed by atoms with E-state index < -0.39 is 0 Å². The molecule has 0 saturated carbocycles. The fourth-order valence-electron chi connectivity index (χ4n) is 4.18. The van der Waals surface area contributed by atoms with Crippen LogP contribution in [0.15, 0.2) is 18.2 Å². The van der Waals surface area contributed by atoms with Crippen molar-refractivity contribution in [2.75, 3.05) is 58.3 Å². The van der Waals surface area contributed by atoms with E-state index >= 15 is 0 Å². The molecule has 1 aromatic rings. The van der Waals surface area contributed by atoms with Crippen molar-refractivity contribution in [2.24, 2.45) is 0 Å². The van der Waals surface area contributed by atoms with Crippen LogP contribution >= 0.6 is 0 Å². The zero-order valence-corrected chi connectivity index (χ0v) is 18.2. The maximum atomic E-state index is 12.3. The number of benzene rings is 1. The third-order valence-electron chi connectivity index (χ3n) is 5.76. The quantitative estimate of drug-likeness (QED) is 0.833. The predicted octanol–water partition coefficient (Wildman–Crippen LogP) is 2.46. The zero-order chi connectivity index (χ0) is 20.3. The van der Waals surface area contributed by atoms with Crippen LogP contribution in [0.25, 0.3) is 0 Å². The van der Waals surface area contributed by atoms with Gasteiger partial charge in [0.15, 0.2) is 0 Å². The van der Waals surface area contributed by atoms with Crippen LogP contribution < -0.4 is 15.5 Å². The highest BCUT2D eigenvalue weighted by atomic mass is 16.2. The molecule has 0 unspecified atom stereocenters. The first kappa shape index (κ1) is 20.9. The summed E-state index contributed by atoms with van der Waals surface area (Å²) in [5.74, 6) is 0. The summed E-state index contributed by atoms with van der Waals surface area (Å²) in [4.78, 5) is 19.6. The van der Waals surface area contributed by atoms with Gasteiger partial charge < -0.3 is 20.4 Å². The highest BCUT2D eigenvalue weighted by Gasteiger charge is 2.26. The fourth-order valence-corrected chi connectivity index (χ4v) is 4.18. The molecule has 2 amide bonds. The summed E-state index contributed by atoms with van der Waals surface area (Å²) >= 11 is 0. The van der Waals surface area contributed by atoms with Crippen molar-refractivity contribution in [1.82, 2.24) is 20.4 Å². The van der Waals surface area contributed by atoms with Crippen LogP contribution in [0, 0.1) is 0 Å². The summed E-state index contributed by atoms with van der Waals surface area (Å²) in [7, 11) is 4.35. The molecule has 0 aliphatic carbocycles. The number of anilines is 1. The van der Waals surface area contributed by atoms with Crippen molar-refractivity contribution < 1.29 is 4.79 Å². The van der Waals surface area contributed by atoms with Gasteiger partial charge in [0.05, 0.1) is 6.04 Å². The van der Waals surface area contributed by atoms with Crippen LogP contribution in [0.2, 0.25) is 0 Å². The summed E-state index contributed by atoms with van der Waals surface area (Å²) in [5.41, 5.74) is 3.87. The molecule has 2 heterocycles. The van der Waals surface area contributed by atoms with Crippen molar-refractivity contribution in [3.05, 3.63) is 29.3 Å². The van der Waals surface area contributed by atoms with Gasteiger partial charge in [-0.25, -0.2) is 4.79 Å². The lowest BCUT2D eigenvalue weighted by Gasteiger charge is -2.39. The number of hydrogen-bond donors (Lipinski definition) is 2. The van der Waals surface area contributed by atoms with Crippen molar-refractivity contribution in [3.8, 4) is 0 Å². The molecule has 156 valence electrons. The average molecular weight is 388 g/mol. The number of likely N-dealkylation sites (N-methyl/N-ethyl adjacent to an activating group) is 1. The topological polar surface area (TPSA) is 50.9 Å². The van der Waals surface area contributed by atoms with Gasteiger partial charge in [0, 0.05) is 57.5 Å². The van der Waals surface area contributed by atoms with Gasteiger partial charge in [-0.05, 0) is 57.9 Å². The number of hydrogen-bond acceptors (Lipinski definition) is 4. The van der Waals surface area contributed by atoms with E-state index in [1.54, 1.807) is 0 Å². The van der Waals surface area contributed by atoms with Crippen LogP contribution in [0.5, 0.6) is 0 Å². The molecule has 28 heavy (non-hydrogen) atoms. The Kier molecular flexibility index (Phi) is 6.50. The second kappa shape index (κ2) is 8.70. The highest BCUT2D eigenvalue weighted by molar-refractivity contribution is 5.74. The van der Waals surface area contributed by atoms with Crippen LogP contribution in [0.1, 0.15) is 44.4 Å². The number of carbonyl (C=O) groups excluding carboxylic acids is 1. The summed E-state index contributed by atoms with van der Waals surface area (Å²) < 4.78 is 0. The van der Waals surface area contributed by atoms with E-state index in [-0.39, 0.29) is 17.6 Å². The fraction of sp³-hybridized carbons (Fsp3) is 0.682. The van der Waals surface area contributed by atoms with Gasteiger partial charge in [0.2, 0.25) is 0 Å². The van der Waals surface area contributed by atoms with Crippen molar-refractivity contribution in [1.29, 1.82) is 0 Å². The summed E-state index contributed by atoms with van der Waals surface area (Å²) in [5, 5.41) is 6.13. The molecule has 0 bridgehead atoms. The Hall–Kier alpha value is -1.79. The lowest BCUT2D eigenvalue weighted by Crippen LogP contribution is -2.51. The molecule has 2 aliphatic rings. The summed E-state index contributed by atoms with van der Waals surface area (Å²) in [6, 6.07) is 7.01. The minimum atomic E-state index is -0.232. The molecule has 1 saturated heterocycles. The molecule has 1 aromatic carbocycles. The van der Waals surface area contributed by atoms with E-state index in [9.17, 15) is 4.79 Å². The number of aryl methyl sites for hydroxylation is 1. The Labute approximate surface area is 170 Å². The van der Waals surface area contributed by atoms with Gasteiger partial charge in [0.25, 0.3) is 0 Å². The zero-order valence-electron chi connectivity index (χ0n) is 18.2. The Morgan fingerprint density at radius 1 is 1.11 bits per heavy atom. The molecule has 0 aromatic heterocycles. The van der Waals surface area contributed by atoms with Crippen LogP contribution in [0.3, 0.4) is 0 Å².